The predicted octanol–water partition coefficient (Wildman–Crippen LogP) is 5.09. The third kappa shape index (κ3) is 4.83. The van der Waals surface area contributed by atoms with Crippen molar-refractivity contribution in [3.8, 4) is 11.4 Å². The van der Waals surface area contributed by atoms with Crippen LogP contribution in [0.25, 0.3) is 5.69 Å². The first-order valence-corrected chi connectivity index (χ1v) is 10.1. The summed E-state index contributed by atoms with van der Waals surface area (Å²) in [7, 11) is 0. The van der Waals surface area contributed by atoms with E-state index in [4.69, 9.17) is 4.74 Å². The van der Waals surface area contributed by atoms with Crippen LogP contribution in [-0.2, 0) is 4.74 Å². The summed E-state index contributed by atoms with van der Waals surface area (Å²) < 4.78 is 36.0. The number of nitrogens with zero attached hydrogens (tertiary/aromatic N) is 2. The molecule has 0 saturated heterocycles. The van der Waals surface area contributed by atoms with Crippen LogP contribution in [0.15, 0.2) is 42.5 Å². The van der Waals surface area contributed by atoms with Gasteiger partial charge >= 0.3 is 17.6 Å². The lowest BCUT2D eigenvalue weighted by atomic mass is 10.1. The number of rotatable bonds is 8. The second-order valence-electron chi connectivity index (χ2n) is 6.80. The Hall–Kier alpha value is -3.60. The van der Waals surface area contributed by atoms with Gasteiger partial charge in [0.25, 0.3) is 0 Å². The molecule has 0 N–H and O–H groups in total. The van der Waals surface area contributed by atoms with E-state index in [-0.39, 0.29) is 15.6 Å². The zero-order chi connectivity index (χ0) is 23.6. The van der Waals surface area contributed by atoms with Crippen LogP contribution in [0.2, 0.25) is 0 Å². The van der Waals surface area contributed by atoms with E-state index in [9.17, 15) is 28.5 Å². The number of Topliss-reactive ketones (excluding diaryl/α,β-unsaturated/α-hetero) is 1. The number of thiophene rings is 1. The van der Waals surface area contributed by atoms with Crippen LogP contribution in [0.4, 0.5) is 13.8 Å². The SMILES string of the molecule is Cc1cc(C(=O)[C@H](C)OC(=O)c2ccc([N+](=O)[O-])s2)c(C)n1-c1ccc(OC(F)F)cc1. The van der Waals surface area contributed by atoms with Crippen molar-refractivity contribution in [1.29, 1.82) is 0 Å². The number of hydrogen-bond donors (Lipinski definition) is 0. The van der Waals surface area contributed by atoms with Crippen LogP contribution in [0.1, 0.15) is 38.3 Å². The third-order valence-corrected chi connectivity index (χ3v) is 5.66. The summed E-state index contributed by atoms with van der Waals surface area (Å²) in [5.74, 6) is -1.26. The van der Waals surface area contributed by atoms with E-state index < -0.39 is 29.4 Å². The second kappa shape index (κ2) is 9.27. The van der Waals surface area contributed by atoms with Crippen molar-refractivity contribution in [3.05, 3.63) is 74.4 Å². The fraction of sp³-hybridized carbons (Fsp3) is 0.238. The number of aromatic nitrogens is 1. The highest BCUT2D eigenvalue weighted by Crippen LogP contribution is 2.27. The Morgan fingerprint density at radius 3 is 2.34 bits per heavy atom. The van der Waals surface area contributed by atoms with Gasteiger partial charge in [-0.05, 0) is 57.2 Å². The molecule has 0 aliphatic heterocycles. The number of ether oxygens (including phenoxy) is 2. The van der Waals surface area contributed by atoms with Crippen LogP contribution in [0.5, 0.6) is 5.75 Å². The Morgan fingerprint density at radius 2 is 1.78 bits per heavy atom. The number of esters is 1. The minimum Gasteiger partial charge on any atom is -0.450 e. The predicted molar refractivity (Wildman–Crippen MR) is 112 cm³/mol. The summed E-state index contributed by atoms with van der Waals surface area (Å²) in [5.41, 5.74) is 2.24. The first-order valence-electron chi connectivity index (χ1n) is 9.32. The fourth-order valence-electron chi connectivity index (χ4n) is 3.21. The summed E-state index contributed by atoms with van der Waals surface area (Å²) in [5, 5.41) is 10.6. The lowest BCUT2D eigenvalue weighted by molar-refractivity contribution is -0.380. The molecule has 3 aromatic rings. The third-order valence-electron chi connectivity index (χ3n) is 4.64. The van der Waals surface area contributed by atoms with Crippen LogP contribution < -0.4 is 4.74 Å². The van der Waals surface area contributed by atoms with Crippen molar-refractivity contribution >= 4 is 28.1 Å². The van der Waals surface area contributed by atoms with Crippen molar-refractivity contribution in [2.75, 3.05) is 0 Å². The standard InChI is InChI=1S/C21H18F2N2O6S/c1-11-10-16(12(2)24(11)14-4-6-15(7-5-14)31-21(22)23)19(26)13(3)30-20(27)17-8-9-18(32-17)25(28)29/h4-10,13,21H,1-3H3/t13-/m0/s1. The molecule has 0 bridgehead atoms. The first kappa shape index (κ1) is 23.1. The lowest BCUT2D eigenvalue weighted by Gasteiger charge is -2.13. The normalized spacial score (nSPS) is 11.9. The van der Waals surface area contributed by atoms with Gasteiger partial charge in [-0.15, -0.1) is 0 Å². The molecular formula is C21H18F2N2O6S. The van der Waals surface area contributed by atoms with Gasteiger partial charge in [0.1, 0.15) is 10.6 Å². The Kier molecular flexibility index (Phi) is 6.68. The number of ketones is 1. The van der Waals surface area contributed by atoms with Crippen molar-refractivity contribution in [2.45, 2.75) is 33.5 Å². The molecule has 0 fully saturated rings. The zero-order valence-electron chi connectivity index (χ0n) is 17.2. The van der Waals surface area contributed by atoms with Crippen molar-refractivity contribution in [3.63, 3.8) is 0 Å². The highest BCUT2D eigenvalue weighted by Gasteiger charge is 2.26. The molecular weight excluding hydrogens is 446 g/mol. The number of carbonyl (C=O) groups excluding carboxylic acids is 2. The Bertz CT molecular complexity index is 1170. The summed E-state index contributed by atoms with van der Waals surface area (Å²) in [4.78, 5) is 35.4. The van der Waals surface area contributed by atoms with Gasteiger partial charge in [0.2, 0.25) is 5.78 Å². The van der Waals surface area contributed by atoms with E-state index in [0.717, 1.165) is 0 Å². The highest BCUT2D eigenvalue weighted by molar-refractivity contribution is 7.17. The van der Waals surface area contributed by atoms with Gasteiger partial charge in [-0.2, -0.15) is 8.78 Å². The van der Waals surface area contributed by atoms with Gasteiger partial charge < -0.3 is 14.0 Å². The summed E-state index contributed by atoms with van der Waals surface area (Å²) in [6.07, 6.45) is -1.13. The minimum atomic E-state index is -2.93. The molecule has 11 heteroatoms. The number of nitro groups is 1. The first-order chi connectivity index (χ1) is 15.1. The van der Waals surface area contributed by atoms with E-state index in [0.29, 0.717) is 34.0 Å². The monoisotopic (exact) mass is 464 g/mol. The Balaban J connectivity index is 1.78. The summed E-state index contributed by atoms with van der Waals surface area (Å²) >= 11 is 0.664. The maximum atomic E-state index is 12.9. The van der Waals surface area contributed by atoms with E-state index in [2.05, 4.69) is 4.74 Å². The van der Waals surface area contributed by atoms with Gasteiger partial charge in [-0.1, -0.05) is 11.3 Å². The quantitative estimate of drug-likeness (QED) is 0.199. The van der Waals surface area contributed by atoms with E-state index >= 15 is 0 Å². The molecule has 0 radical (unpaired) electrons. The van der Waals surface area contributed by atoms with Gasteiger partial charge in [0.05, 0.1) is 4.92 Å². The molecule has 0 unspecified atom stereocenters. The Morgan fingerprint density at radius 1 is 1.12 bits per heavy atom. The molecule has 0 aliphatic carbocycles. The van der Waals surface area contributed by atoms with Gasteiger partial charge in [-0.3, -0.25) is 14.9 Å². The van der Waals surface area contributed by atoms with Crippen molar-refractivity contribution in [2.24, 2.45) is 0 Å². The number of alkyl halides is 2. The molecule has 168 valence electrons. The van der Waals surface area contributed by atoms with Crippen LogP contribution in [0.3, 0.4) is 0 Å². The molecule has 0 saturated carbocycles. The van der Waals surface area contributed by atoms with Crippen LogP contribution >= 0.6 is 11.3 Å². The van der Waals surface area contributed by atoms with Gasteiger partial charge in [0, 0.05) is 28.7 Å². The van der Waals surface area contributed by atoms with E-state index in [1.54, 1.807) is 36.6 Å². The maximum absolute atomic E-state index is 12.9. The second-order valence-corrected chi connectivity index (χ2v) is 7.86. The summed E-state index contributed by atoms with van der Waals surface area (Å²) in [6, 6.07) is 10.1. The molecule has 1 atom stereocenters. The highest BCUT2D eigenvalue weighted by atomic mass is 32.1. The zero-order valence-corrected chi connectivity index (χ0v) is 18.0. The fourth-order valence-corrected chi connectivity index (χ4v) is 3.92. The van der Waals surface area contributed by atoms with E-state index in [1.807, 2.05) is 0 Å². The molecule has 3 rings (SSSR count). The molecule has 2 aromatic heterocycles. The minimum absolute atomic E-state index is 0.0110. The van der Waals surface area contributed by atoms with Crippen LogP contribution in [0, 0.1) is 24.0 Å². The molecule has 0 spiro atoms. The molecule has 2 heterocycles. The number of aryl methyl sites for hydroxylation is 1. The molecule has 8 nitrogen and oxygen atoms in total. The molecule has 1 aromatic carbocycles. The molecule has 0 aliphatic rings. The topological polar surface area (TPSA) is 101 Å². The number of benzene rings is 1. The average Bonchev–Trinajstić information content (AvgIpc) is 3.33. The maximum Gasteiger partial charge on any atom is 0.387 e. The van der Waals surface area contributed by atoms with Gasteiger partial charge in [0.15, 0.2) is 6.10 Å². The lowest BCUT2D eigenvalue weighted by Crippen LogP contribution is -2.24. The molecule has 0 amide bonds. The number of halogens is 2. The smallest absolute Gasteiger partial charge is 0.387 e. The van der Waals surface area contributed by atoms with Crippen LogP contribution in [-0.4, -0.2) is 34.0 Å². The number of carbonyl (C=O) groups is 2. The van der Waals surface area contributed by atoms with E-state index in [1.165, 1.54) is 31.2 Å². The Labute approximate surface area is 185 Å². The number of hydrogen-bond acceptors (Lipinski definition) is 7. The summed E-state index contributed by atoms with van der Waals surface area (Å²) in [6.45, 7) is 1.98. The van der Waals surface area contributed by atoms with Gasteiger partial charge in [-0.25, -0.2) is 4.79 Å². The van der Waals surface area contributed by atoms with Crippen molar-refractivity contribution < 1.29 is 32.8 Å². The molecule has 32 heavy (non-hydrogen) atoms. The average molecular weight is 464 g/mol. The largest absolute Gasteiger partial charge is 0.450 e. The van der Waals surface area contributed by atoms with Crippen molar-refractivity contribution in [1.82, 2.24) is 4.57 Å².